The zero-order valence-corrected chi connectivity index (χ0v) is 19.0. The average Bonchev–Trinajstić information content (AvgIpc) is 2.63. The maximum absolute atomic E-state index is 13.4. The van der Waals surface area contributed by atoms with Crippen molar-refractivity contribution in [2.75, 3.05) is 28.4 Å². The second kappa shape index (κ2) is 7.94. The largest absolute Gasteiger partial charge is 0.347 e. The molecule has 154 valence electrons. The Balaban J connectivity index is 2.54. The van der Waals surface area contributed by atoms with Gasteiger partial charge in [-0.15, -0.1) is 0 Å². The molecule has 5 atom stereocenters. The summed E-state index contributed by atoms with van der Waals surface area (Å²) in [5.74, 6) is -0.0863. The predicted octanol–water partition coefficient (Wildman–Crippen LogP) is 4.33. The van der Waals surface area contributed by atoms with Crippen molar-refractivity contribution in [2.45, 2.75) is 58.0 Å². The Morgan fingerprint density at radius 3 is 1.88 bits per heavy atom. The van der Waals surface area contributed by atoms with Gasteiger partial charge in [0.1, 0.15) is 5.78 Å². The van der Waals surface area contributed by atoms with E-state index >= 15 is 0 Å². The number of fused-ring (bicyclic) bond motifs is 2. The van der Waals surface area contributed by atoms with Gasteiger partial charge in [0.05, 0.1) is 5.66 Å². The molecule has 3 aliphatic carbocycles. The highest BCUT2D eigenvalue weighted by Crippen LogP contribution is 2.73. The summed E-state index contributed by atoms with van der Waals surface area (Å²) in [5, 5.41) is 3.39. The lowest BCUT2D eigenvalue weighted by molar-refractivity contribution is -0.110. The second-order valence-corrected chi connectivity index (χ2v) is 13.2. The van der Waals surface area contributed by atoms with Crippen molar-refractivity contribution in [3.05, 3.63) is 0 Å². The molecule has 7 nitrogen and oxygen atoms in total. The fourth-order valence-electron chi connectivity index (χ4n) is 5.00. The first-order chi connectivity index (χ1) is 12.0. The molecule has 0 heterocycles. The van der Waals surface area contributed by atoms with Gasteiger partial charge in [0.25, 0.3) is 0 Å². The second-order valence-electron chi connectivity index (χ2n) is 8.32. The van der Waals surface area contributed by atoms with Crippen LogP contribution in [0.1, 0.15) is 40.5 Å². The average molecular weight is 411 g/mol. The molecule has 0 spiro atoms. The Morgan fingerprint density at radius 1 is 0.962 bits per heavy atom. The first-order valence-corrected chi connectivity index (χ1v) is 12.4. The van der Waals surface area contributed by atoms with Gasteiger partial charge in [-0.3, -0.25) is 9.13 Å². The molecule has 0 aliphatic heterocycles. The predicted molar refractivity (Wildman–Crippen MR) is 103 cm³/mol. The fraction of sp³-hybridized carbons (Fsp3) is 1.00. The summed E-state index contributed by atoms with van der Waals surface area (Å²) in [5.41, 5.74) is -0.263. The summed E-state index contributed by atoms with van der Waals surface area (Å²) in [6, 6.07) is 0.0599. The Hall–Kier alpha value is 0.260. The molecule has 0 saturated heterocycles. The Kier molecular flexibility index (Phi) is 6.89. The normalized spacial score (nSPS) is 32.3. The van der Waals surface area contributed by atoms with Gasteiger partial charge in [-0.05, 0) is 30.1 Å². The molecule has 2 bridgehead atoms. The molecule has 0 aromatic rings. The number of nitrogens with one attached hydrogen (secondary N) is 1. The Bertz CT molecular complexity index is 580. The molecule has 0 aromatic carbocycles. The van der Waals surface area contributed by atoms with Crippen LogP contribution < -0.4 is 5.32 Å². The maximum atomic E-state index is 13.4. The molecule has 3 aliphatic rings. The fourth-order valence-corrected chi connectivity index (χ4v) is 9.06. The number of hydrogen-bond donors (Lipinski definition) is 1. The SMILES string of the molecule is COP(=O)(OC)C1C[C@H]2C[C@@H](C1C(NC(C)C)P(=O)(OC)OC)C2(C)C. The van der Waals surface area contributed by atoms with Crippen molar-refractivity contribution in [1.82, 2.24) is 5.32 Å². The van der Waals surface area contributed by atoms with Gasteiger partial charge >= 0.3 is 15.2 Å². The summed E-state index contributed by atoms with van der Waals surface area (Å²) in [7, 11) is -1.15. The molecule has 3 fully saturated rings. The number of hydrogen-bond acceptors (Lipinski definition) is 7. The van der Waals surface area contributed by atoms with Crippen LogP contribution in [0.3, 0.4) is 0 Å². The lowest BCUT2D eigenvalue weighted by atomic mass is 9.45. The minimum atomic E-state index is -3.45. The van der Waals surface area contributed by atoms with Crippen LogP contribution in [0.25, 0.3) is 0 Å². The van der Waals surface area contributed by atoms with Gasteiger partial charge in [-0.25, -0.2) is 0 Å². The van der Waals surface area contributed by atoms with E-state index < -0.39 is 21.0 Å². The van der Waals surface area contributed by atoms with Gasteiger partial charge in [-0.2, -0.15) is 0 Å². The highest BCUT2D eigenvalue weighted by molar-refractivity contribution is 7.55. The van der Waals surface area contributed by atoms with Crippen LogP contribution in [0.2, 0.25) is 0 Å². The molecular weight excluding hydrogens is 376 g/mol. The van der Waals surface area contributed by atoms with Crippen molar-refractivity contribution in [3.8, 4) is 0 Å². The Morgan fingerprint density at radius 2 is 1.50 bits per heavy atom. The minimum absolute atomic E-state index is 0.0599. The third-order valence-corrected chi connectivity index (χ3v) is 11.2. The molecular formula is C17H35NO6P2. The molecule has 26 heavy (non-hydrogen) atoms. The van der Waals surface area contributed by atoms with E-state index in [-0.39, 0.29) is 29.0 Å². The van der Waals surface area contributed by atoms with Crippen molar-refractivity contribution in [2.24, 2.45) is 23.2 Å². The third-order valence-electron chi connectivity index (χ3n) is 6.61. The zero-order chi connectivity index (χ0) is 19.9. The van der Waals surface area contributed by atoms with E-state index in [0.717, 1.165) is 12.8 Å². The van der Waals surface area contributed by atoms with Gasteiger partial charge in [0.15, 0.2) is 0 Å². The topological polar surface area (TPSA) is 83.1 Å². The zero-order valence-electron chi connectivity index (χ0n) is 17.2. The summed E-state index contributed by atoms with van der Waals surface area (Å²) in [6.07, 6.45) is 1.74. The quantitative estimate of drug-likeness (QED) is 0.565. The molecule has 0 amide bonds. The summed E-state index contributed by atoms with van der Waals surface area (Å²) in [4.78, 5) is 0. The highest BCUT2D eigenvalue weighted by Gasteiger charge is 2.65. The van der Waals surface area contributed by atoms with E-state index in [1.165, 1.54) is 28.4 Å². The lowest BCUT2D eigenvalue weighted by Crippen LogP contribution is -2.62. The summed E-state index contributed by atoms with van der Waals surface area (Å²) in [6.45, 7) is 8.44. The van der Waals surface area contributed by atoms with Crippen LogP contribution in [0, 0.1) is 23.2 Å². The first kappa shape index (κ1) is 22.5. The van der Waals surface area contributed by atoms with Gasteiger partial charge in [0.2, 0.25) is 0 Å². The highest BCUT2D eigenvalue weighted by atomic mass is 31.2. The first-order valence-electron chi connectivity index (χ1n) is 9.19. The van der Waals surface area contributed by atoms with Crippen LogP contribution in [0.15, 0.2) is 0 Å². The van der Waals surface area contributed by atoms with Crippen molar-refractivity contribution in [1.29, 1.82) is 0 Å². The molecule has 1 N–H and O–H groups in total. The summed E-state index contributed by atoms with van der Waals surface area (Å²) >= 11 is 0. The van der Waals surface area contributed by atoms with Crippen LogP contribution in [0.5, 0.6) is 0 Å². The Labute approximate surface area is 157 Å². The number of rotatable bonds is 9. The maximum Gasteiger partial charge on any atom is 0.347 e. The van der Waals surface area contributed by atoms with Crippen LogP contribution in [-0.2, 0) is 27.2 Å². The van der Waals surface area contributed by atoms with E-state index in [2.05, 4.69) is 19.2 Å². The van der Waals surface area contributed by atoms with Crippen molar-refractivity contribution in [3.63, 3.8) is 0 Å². The van der Waals surface area contributed by atoms with Crippen molar-refractivity contribution >= 4 is 15.2 Å². The van der Waals surface area contributed by atoms with Crippen LogP contribution in [-0.4, -0.2) is 45.9 Å². The lowest BCUT2D eigenvalue weighted by Gasteiger charge is -2.64. The molecule has 9 heteroatoms. The van der Waals surface area contributed by atoms with E-state index in [1.54, 1.807) is 0 Å². The molecule has 0 radical (unpaired) electrons. The van der Waals surface area contributed by atoms with Gasteiger partial charge < -0.3 is 23.4 Å². The van der Waals surface area contributed by atoms with Gasteiger partial charge in [-0.1, -0.05) is 27.7 Å². The van der Waals surface area contributed by atoms with E-state index in [1.807, 2.05) is 13.8 Å². The monoisotopic (exact) mass is 411 g/mol. The summed E-state index contributed by atoms with van der Waals surface area (Å²) < 4.78 is 48.2. The van der Waals surface area contributed by atoms with Gasteiger partial charge in [0, 0.05) is 40.4 Å². The molecule has 3 saturated carbocycles. The minimum Gasteiger partial charge on any atom is -0.312 e. The van der Waals surface area contributed by atoms with Crippen LogP contribution in [0.4, 0.5) is 0 Å². The van der Waals surface area contributed by atoms with E-state index in [9.17, 15) is 9.13 Å². The van der Waals surface area contributed by atoms with E-state index in [0.29, 0.717) is 5.92 Å². The third kappa shape index (κ3) is 3.61. The van der Waals surface area contributed by atoms with Crippen molar-refractivity contribution < 1.29 is 27.2 Å². The molecule has 3 unspecified atom stereocenters. The van der Waals surface area contributed by atoms with Crippen LogP contribution >= 0.6 is 15.2 Å². The standard InChI is InChI=1S/C17H35NO6P2/c1-11(2)18-16(26(20,23-7)24-8)15-13-9-12(17(13,3)4)10-14(15)25(19,21-5)22-6/h11-16,18H,9-10H2,1-8H3/t12-,13+,14?,15?,16?/m1/s1. The molecule has 3 rings (SSSR count). The smallest absolute Gasteiger partial charge is 0.312 e. The van der Waals surface area contributed by atoms with E-state index in [4.69, 9.17) is 18.1 Å². The molecule has 0 aromatic heterocycles.